The van der Waals surface area contributed by atoms with Crippen LogP contribution in [0.2, 0.25) is 0 Å². The molecule has 4 rings (SSSR count). The van der Waals surface area contributed by atoms with E-state index in [1.165, 1.54) is 0 Å². The molecule has 0 N–H and O–H groups in total. The molecule has 2 aromatic rings. The first kappa shape index (κ1) is 37.8. The SMILES string of the molecule is C=CC(=O)OCCOCCOc1ccc(C(=O)OC2=CCC(C)(OC(OC)c3ccc(OCCCCOCC4(C)COC4)cc3)C=C2)cc1. The molecule has 1 saturated heterocycles. The number of hydrogen-bond donors (Lipinski definition) is 0. The average molecular weight is 681 g/mol. The van der Waals surface area contributed by atoms with E-state index >= 15 is 0 Å². The molecule has 0 aromatic heterocycles. The summed E-state index contributed by atoms with van der Waals surface area (Å²) in [7, 11) is 1.60. The van der Waals surface area contributed by atoms with Crippen LogP contribution in [0.1, 0.15) is 55.3 Å². The number of allylic oxidation sites excluding steroid dienone is 1. The topological polar surface area (TPSA) is 117 Å². The van der Waals surface area contributed by atoms with Crippen molar-refractivity contribution in [3.8, 4) is 11.5 Å². The van der Waals surface area contributed by atoms with Crippen LogP contribution < -0.4 is 9.47 Å². The van der Waals surface area contributed by atoms with Crippen molar-refractivity contribution in [1.82, 2.24) is 0 Å². The van der Waals surface area contributed by atoms with Crippen molar-refractivity contribution >= 4 is 11.9 Å². The smallest absolute Gasteiger partial charge is 0.343 e. The molecule has 11 heteroatoms. The molecule has 266 valence electrons. The molecular formula is C38H48O11. The van der Waals surface area contributed by atoms with Gasteiger partial charge in [0.1, 0.15) is 30.5 Å². The van der Waals surface area contributed by atoms with E-state index in [-0.39, 0.29) is 18.6 Å². The largest absolute Gasteiger partial charge is 0.494 e. The second kappa shape index (κ2) is 19.3. The van der Waals surface area contributed by atoms with Gasteiger partial charge < -0.3 is 42.6 Å². The molecule has 0 radical (unpaired) electrons. The van der Waals surface area contributed by atoms with Crippen molar-refractivity contribution in [3.05, 3.63) is 96.3 Å². The predicted octanol–water partition coefficient (Wildman–Crippen LogP) is 6.14. The van der Waals surface area contributed by atoms with Gasteiger partial charge in [0.2, 0.25) is 0 Å². The molecule has 1 heterocycles. The molecule has 2 atom stereocenters. The molecule has 0 amide bonds. The van der Waals surface area contributed by atoms with Crippen LogP contribution in [0, 0.1) is 5.41 Å². The highest BCUT2D eigenvalue weighted by Gasteiger charge is 2.33. The van der Waals surface area contributed by atoms with E-state index in [1.54, 1.807) is 37.5 Å². The molecule has 2 aromatic carbocycles. The van der Waals surface area contributed by atoms with E-state index in [9.17, 15) is 9.59 Å². The lowest BCUT2D eigenvalue weighted by atomic mass is 9.90. The Morgan fingerprint density at radius 1 is 0.878 bits per heavy atom. The fraction of sp³-hybridized carbons (Fsp3) is 0.474. The van der Waals surface area contributed by atoms with Crippen molar-refractivity contribution in [2.24, 2.45) is 5.41 Å². The molecule has 1 aliphatic carbocycles. The summed E-state index contributed by atoms with van der Waals surface area (Å²) in [4.78, 5) is 23.7. The highest BCUT2D eigenvalue weighted by molar-refractivity contribution is 5.90. The highest BCUT2D eigenvalue weighted by Crippen LogP contribution is 2.33. The van der Waals surface area contributed by atoms with Crippen molar-refractivity contribution in [2.75, 3.05) is 66.6 Å². The number of hydrogen-bond acceptors (Lipinski definition) is 11. The Hall–Kier alpha value is -4.00. The molecule has 2 aliphatic rings. The molecule has 49 heavy (non-hydrogen) atoms. The minimum Gasteiger partial charge on any atom is -0.494 e. The van der Waals surface area contributed by atoms with Gasteiger partial charge >= 0.3 is 11.9 Å². The Bertz CT molecular complexity index is 1400. The van der Waals surface area contributed by atoms with Gasteiger partial charge in [-0.2, -0.15) is 0 Å². The number of benzene rings is 2. The van der Waals surface area contributed by atoms with Gasteiger partial charge in [-0.15, -0.1) is 0 Å². The van der Waals surface area contributed by atoms with Gasteiger partial charge in [0.25, 0.3) is 0 Å². The molecular weight excluding hydrogens is 632 g/mol. The van der Waals surface area contributed by atoms with Gasteiger partial charge in [-0.3, -0.25) is 0 Å². The number of rotatable bonds is 22. The summed E-state index contributed by atoms with van der Waals surface area (Å²) in [6.45, 7) is 12.1. The van der Waals surface area contributed by atoms with E-state index in [0.29, 0.717) is 43.3 Å². The van der Waals surface area contributed by atoms with E-state index < -0.39 is 23.8 Å². The first-order valence-corrected chi connectivity index (χ1v) is 16.5. The van der Waals surface area contributed by atoms with Gasteiger partial charge in [-0.25, -0.2) is 9.59 Å². The lowest BCUT2D eigenvalue weighted by Crippen LogP contribution is -2.43. The normalized spacial score (nSPS) is 18.5. The van der Waals surface area contributed by atoms with E-state index in [0.717, 1.165) is 56.7 Å². The maximum Gasteiger partial charge on any atom is 0.343 e. The van der Waals surface area contributed by atoms with Gasteiger partial charge in [-0.05, 0) is 74.4 Å². The number of carbonyl (C=O) groups is 2. The zero-order chi connectivity index (χ0) is 35.0. The maximum atomic E-state index is 12.8. The first-order chi connectivity index (χ1) is 23.7. The molecule has 0 bridgehead atoms. The first-order valence-electron chi connectivity index (χ1n) is 16.5. The van der Waals surface area contributed by atoms with Crippen LogP contribution in [0.4, 0.5) is 0 Å². The number of esters is 2. The number of ether oxygens (including phenoxy) is 9. The monoisotopic (exact) mass is 680 g/mol. The summed E-state index contributed by atoms with van der Waals surface area (Å²) in [6, 6.07) is 14.3. The maximum absolute atomic E-state index is 12.8. The zero-order valence-corrected chi connectivity index (χ0v) is 28.7. The average Bonchev–Trinajstić information content (AvgIpc) is 3.10. The van der Waals surface area contributed by atoms with Crippen LogP contribution in [0.25, 0.3) is 0 Å². The van der Waals surface area contributed by atoms with Gasteiger partial charge in [0.15, 0.2) is 6.29 Å². The van der Waals surface area contributed by atoms with Gasteiger partial charge in [-0.1, -0.05) is 25.6 Å². The van der Waals surface area contributed by atoms with Crippen molar-refractivity contribution in [3.63, 3.8) is 0 Å². The molecule has 0 saturated carbocycles. The molecule has 1 fully saturated rings. The summed E-state index contributed by atoms with van der Waals surface area (Å²) < 4.78 is 50.4. The van der Waals surface area contributed by atoms with Crippen molar-refractivity contribution in [1.29, 1.82) is 0 Å². The Morgan fingerprint density at radius 3 is 2.18 bits per heavy atom. The molecule has 1 aliphatic heterocycles. The number of unbranched alkanes of at least 4 members (excludes halogenated alkanes) is 1. The highest BCUT2D eigenvalue weighted by atomic mass is 16.7. The van der Waals surface area contributed by atoms with Crippen LogP contribution in [-0.2, 0) is 38.0 Å². The quantitative estimate of drug-likeness (QED) is 0.0618. The Morgan fingerprint density at radius 2 is 1.55 bits per heavy atom. The fourth-order valence-corrected chi connectivity index (χ4v) is 4.86. The molecule has 11 nitrogen and oxygen atoms in total. The van der Waals surface area contributed by atoms with Crippen molar-refractivity contribution < 1.29 is 52.2 Å². The Balaban J connectivity index is 1.13. The minimum absolute atomic E-state index is 0.146. The number of methoxy groups -OCH3 is 1. The van der Waals surface area contributed by atoms with E-state index in [4.69, 9.17) is 42.6 Å². The fourth-order valence-electron chi connectivity index (χ4n) is 4.86. The second-order valence-corrected chi connectivity index (χ2v) is 12.4. The van der Waals surface area contributed by atoms with Crippen LogP contribution in [0.15, 0.2) is 85.2 Å². The van der Waals surface area contributed by atoms with E-state index in [1.807, 2.05) is 43.3 Å². The van der Waals surface area contributed by atoms with Crippen LogP contribution >= 0.6 is 0 Å². The third kappa shape index (κ3) is 12.8. The van der Waals surface area contributed by atoms with Gasteiger partial charge in [0, 0.05) is 37.2 Å². The molecule has 0 spiro atoms. The van der Waals surface area contributed by atoms with Crippen LogP contribution in [0.3, 0.4) is 0 Å². The standard InChI is InChI=1S/C38H48O11/c1-5-34(39)47-25-23-42-22-24-46-32-12-8-29(9-13-32)35(40)48-33-16-18-38(3,19-17-33)49-36(41-4)30-10-14-31(15-11-30)45-21-7-6-20-43-26-37(2)27-44-28-37/h5,8-18,36H,1,6-7,19-28H2,2-4H3. The zero-order valence-electron chi connectivity index (χ0n) is 28.7. The second-order valence-electron chi connectivity index (χ2n) is 12.4. The summed E-state index contributed by atoms with van der Waals surface area (Å²) in [6.07, 6.45) is 8.25. The molecule has 2 unspecified atom stereocenters. The minimum atomic E-state index is -0.671. The van der Waals surface area contributed by atoms with E-state index in [2.05, 4.69) is 13.5 Å². The number of carbonyl (C=O) groups excluding carboxylic acids is 2. The summed E-state index contributed by atoms with van der Waals surface area (Å²) in [5.74, 6) is 0.830. The predicted molar refractivity (Wildman–Crippen MR) is 181 cm³/mol. The third-order valence-electron chi connectivity index (χ3n) is 7.79. The third-order valence-corrected chi connectivity index (χ3v) is 7.79. The lowest BCUT2D eigenvalue weighted by molar-refractivity contribution is -0.181. The van der Waals surface area contributed by atoms with Gasteiger partial charge in [0.05, 0.1) is 50.8 Å². The van der Waals surface area contributed by atoms with Crippen molar-refractivity contribution in [2.45, 2.75) is 45.0 Å². The lowest BCUT2D eigenvalue weighted by Gasteiger charge is -2.37. The Kier molecular flexibility index (Phi) is 14.9. The van der Waals surface area contributed by atoms with Crippen LogP contribution in [-0.4, -0.2) is 84.1 Å². The summed E-state index contributed by atoms with van der Waals surface area (Å²) in [5.41, 5.74) is 0.756. The summed E-state index contributed by atoms with van der Waals surface area (Å²) in [5, 5.41) is 0. The Labute approximate surface area is 288 Å². The summed E-state index contributed by atoms with van der Waals surface area (Å²) >= 11 is 0. The van der Waals surface area contributed by atoms with Crippen LogP contribution in [0.5, 0.6) is 11.5 Å².